The minimum Gasteiger partial charge on any atom is -0.481 e. The number of aromatic nitrogens is 1. The molecule has 150 valence electrons. The van der Waals surface area contributed by atoms with Gasteiger partial charge in [0.15, 0.2) is 12.2 Å². The zero-order chi connectivity index (χ0) is 21.1. The van der Waals surface area contributed by atoms with Gasteiger partial charge in [0, 0.05) is 11.3 Å². The Hall–Kier alpha value is -4.13. The number of para-hydroxylation sites is 2. The van der Waals surface area contributed by atoms with Crippen LogP contribution in [0.2, 0.25) is 0 Å². The van der Waals surface area contributed by atoms with Gasteiger partial charge in [-0.3, -0.25) is 4.79 Å². The summed E-state index contributed by atoms with van der Waals surface area (Å²) in [7, 11) is 0. The molecule has 0 radical (unpaired) electrons. The van der Waals surface area contributed by atoms with Gasteiger partial charge in [0.2, 0.25) is 5.89 Å². The predicted molar refractivity (Wildman–Crippen MR) is 112 cm³/mol. The number of hydrogen-bond acceptors (Lipinski definition) is 5. The van der Waals surface area contributed by atoms with E-state index in [0.29, 0.717) is 27.9 Å². The highest BCUT2D eigenvalue weighted by Crippen LogP contribution is 2.34. The van der Waals surface area contributed by atoms with Gasteiger partial charge in [-0.1, -0.05) is 29.8 Å². The molecule has 0 saturated heterocycles. The van der Waals surface area contributed by atoms with Gasteiger partial charge in [0.1, 0.15) is 11.3 Å². The monoisotopic (exact) mass is 402 g/mol. The number of carbonyl (C=O) groups excluding carboxylic acids is 1. The SMILES string of the molecule is Cc1ccc(C(=O)Nc2ccc(OCC(=O)O)c(-c3nc4ccccc4o3)c2)cc1. The van der Waals surface area contributed by atoms with Crippen molar-refractivity contribution < 1.29 is 23.8 Å². The summed E-state index contributed by atoms with van der Waals surface area (Å²) in [6.07, 6.45) is 0. The van der Waals surface area contributed by atoms with Crippen LogP contribution in [-0.2, 0) is 4.79 Å². The van der Waals surface area contributed by atoms with Crippen LogP contribution in [0.15, 0.2) is 71.1 Å². The van der Waals surface area contributed by atoms with Crippen LogP contribution in [0, 0.1) is 6.92 Å². The average Bonchev–Trinajstić information content (AvgIpc) is 3.17. The van der Waals surface area contributed by atoms with E-state index >= 15 is 0 Å². The molecule has 4 rings (SSSR count). The zero-order valence-corrected chi connectivity index (χ0v) is 16.1. The summed E-state index contributed by atoms with van der Waals surface area (Å²) in [6.45, 7) is 1.44. The van der Waals surface area contributed by atoms with Crippen molar-refractivity contribution in [1.82, 2.24) is 4.98 Å². The second kappa shape index (κ2) is 8.08. The minimum atomic E-state index is -1.10. The van der Waals surface area contributed by atoms with Crippen molar-refractivity contribution in [3.05, 3.63) is 77.9 Å². The Kier molecular flexibility index (Phi) is 5.17. The number of aryl methyl sites for hydroxylation is 1. The van der Waals surface area contributed by atoms with Gasteiger partial charge in [-0.15, -0.1) is 0 Å². The Morgan fingerprint density at radius 2 is 1.83 bits per heavy atom. The van der Waals surface area contributed by atoms with Gasteiger partial charge in [0.05, 0.1) is 5.56 Å². The van der Waals surface area contributed by atoms with Gasteiger partial charge in [-0.25, -0.2) is 9.78 Å². The highest BCUT2D eigenvalue weighted by Gasteiger charge is 2.16. The number of benzene rings is 3. The third kappa shape index (κ3) is 4.15. The van der Waals surface area contributed by atoms with Crippen LogP contribution in [0.5, 0.6) is 5.75 Å². The lowest BCUT2D eigenvalue weighted by Crippen LogP contribution is -2.12. The summed E-state index contributed by atoms with van der Waals surface area (Å²) < 4.78 is 11.2. The van der Waals surface area contributed by atoms with Crippen molar-refractivity contribution in [2.24, 2.45) is 0 Å². The molecule has 0 spiro atoms. The van der Waals surface area contributed by atoms with Crippen molar-refractivity contribution in [3.8, 4) is 17.2 Å². The number of fused-ring (bicyclic) bond motifs is 1. The first-order valence-corrected chi connectivity index (χ1v) is 9.22. The highest BCUT2D eigenvalue weighted by atomic mass is 16.5. The number of anilines is 1. The standard InChI is InChI=1S/C23H18N2O5/c1-14-6-8-15(9-7-14)22(28)24-16-10-11-19(29-13-21(26)27)17(12-16)23-25-18-4-2-3-5-20(18)30-23/h2-12H,13H2,1H3,(H,24,28)(H,26,27). The molecule has 0 atom stereocenters. The summed E-state index contributed by atoms with van der Waals surface area (Å²) in [5.74, 6) is -0.812. The summed E-state index contributed by atoms with van der Waals surface area (Å²) in [5.41, 5.74) is 3.77. The first-order chi connectivity index (χ1) is 14.5. The summed E-state index contributed by atoms with van der Waals surface area (Å²) in [5, 5.41) is 11.8. The van der Waals surface area contributed by atoms with E-state index < -0.39 is 12.6 Å². The van der Waals surface area contributed by atoms with Gasteiger partial charge < -0.3 is 19.6 Å². The molecule has 0 bridgehead atoms. The molecular weight excluding hydrogens is 384 g/mol. The van der Waals surface area contributed by atoms with Gasteiger partial charge in [-0.2, -0.15) is 0 Å². The van der Waals surface area contributed by atoms with Crippen LogP contribution >= 0.6 is 0 Å². The number of amides is 1. The van der Waals surface area contributed by atoms with E-state index in [-0.39, 0.29) is 17.5 Å². The van der Waals surface area contributed by atoms with E-state index in [4.69, 9.17) is 14.3 Å². The van der Waals surface area contributed by atoms with E-state index in [1.165, 1.54) is 0 Å². The van der Waals surface area contributed by atoms with Crippen molar-refractivity contribution in [2.75, 3.05) is 11.9 Å². The molecule has 0 aliphatic heterocycles. The van der Waals surface area contributed by atoms with Crippen molar-refractivity contribution in [3.63, 3.8) is 0 Å². The van der Waals surface area contributed by atoms with E-state index in [1.807, 2.05) is 37.3 Å². The van der Waals surface area contributed by atoms with Crippen molar-refractivity contribution >= 4 is 28.7 Å². The topological polar surface area (TPSA) is 102 Å². The Balaban J connectivity index is 1.69. The Morgan fingerprint density at radius 1 is 1.07 bits per heavy atom. The lowest BCUT2D eigenvalue weighted by Gasteiger charge is -2.11. The van der Waals surface area contributed by atoms with Gasteiger partial charge in [-0.05, 0) is 49.4 Å². The third-order valence-corrected chi connectivity index (χ3v) is 4.43. The molecule has 0 unspecified atom stereocenters. The molecule has 4 aromatic rings. The van der Waals surface area contributed by atoms with Gasteiger partial charge >= 0.3 is 5.97 Å². The van der Waals surface area contributed by atoms with E-state index in [0.717, 1.165) is 5.56 Å². The summed E-state index contributed by atoms with van der Waals surface area (Å²) in [4.78, 5) is 27.9. The molecule has 0 saturated carbocycles. The fraction of sp³-hybridized carbons (Fsp3) is 0.0870. The average molecular weight is 402 g/mol. The first-order valence-electron chi connectivity index (χ1n) is 9.22. The van der Waals surface area contributed by atoms with E-state index in [9.17, 15) is 9.59 Å². The molecule has 0 aliphatic carbocycles. The quantitative estimate of drug-likeness (QED) is 0.492. The molecule has 2 N–H and O–H groups in total. The molecule has 7 heteroatoms. The molecular formula is C23H18N2O5. The summed E-state index contributed by atoms with van der Waals surface area (Å²) >= 11 is 0. The van der Waals surface area contributed by atoms with Crippen LogP contribution in [-0.4, -0.2) is 28.6 Å². The number of hydrogen-bond donors (Lipinski definition) is 2. The number of rotatable bonds is 6. The number of aliphatic carboxylic acids is 1. The molecule has 1 heterocycles. The largest absolute Gasteiger partial charge is 0.481 e. The minimum absolute atomic E-state index is 0.266. The van der Waals surface area contributed by atoms with Crippen LogP contribution < -0.4 is 10.1 Å². The second-order valence-electron chi connectivity index (χ2n) is 6.70. The Bertz CT molecular complexity index is 1200. The van der Waals surface area contributed by atoms with Crippen LogP contribution in [0.4, 0.5) is 5.69 Å². The van der Waals surface area contributed by atoms with Crippen molar-refractivity contribution in [2.45, 2.75) is 6.92 Å². The smallest absolute Gasteiger partial charge is 0.341 e. The summed E-state index contributed by atoms with van der Waals surface area (Å²) in [6, 6.07) is 19.3. The Labute approximate surface area is 171 Å². The Morgan fingerprint density at radius 3 is 2.57 bits per heavy atom. The molecule has 0 fully saturated rings. The maximum Gasteiger partial charge on any atom is 0.341 e. The maximum atomic E-state index is 12.6. The lowest BCUT2D eigenvalue weighted by molar-refractivity contribution is -0.139. The zero-order valence-electron chi connectivity index (χ0n) is 16.1. The van der Waals surface area contributed by atoms with E-state index in [1.54, 1.807) is 36.4 Å². The second-order valence-corrected chi connectivity index (χ2v) is 6.70. The van der Waals surface area contributed by atoms with E-state index in [2.05, 4.69) is 10.3 Å². The number of nitrogens with one attached hydrogen (secondary N) is 1. The number of oxazole rings is 1. The number of carbonyl (C=O) groups is 2. The molecule has 30 heavy (non-hydrogen) atoms. The maximum absolute atomic E-state index is 12.6. The lowest BCUT2D eigenvalue weighted by atomic mass is 10.1. The molecule has 7 nitrogen and oxygen atoms in total. The van der Waals surface area contributed by atoms with Gasteiger partial charge in [0.25, 0.3) is 5.91 Å². The van der Waals surface area contributed by atoms with Crippen LogP contribution in [0.3, 0.4) is 0 Å². The highest BCUT2D eigenvalue weighted by molar-refractivity contribution is 6.04. The fourth-order valence-corrected chi connectivity index (χ4v) is 2.94. The number of ether oxygens (including phenoxy) is 1. The van der Waals surface area contributed by atoms with Crippen LogP contribution in [0.25, 0.3) is 22.6 Å². The molecule has 0 aliphatic rings. The number of carboxylic acid groups (broad SMARTS) is 1. The predicted octanol–water partition coefficient (Wildman–Crippen LogP) is 4.52. The number of nitrogens with zero attached hydrogens (tertiary/aromatic N) is 1. The molecule has 3 aromatic carbocycles. The van der Waals surface area contributed by atoms with Crippen molar-refractivity contribution in [1.29, 1.82) is 0 Å². The third-order valence-electron chi connectivity index (χ3n) is 4.43. The molecule has 1 aromatic heterocycles. The normalized spacial score (nSPS) is 10.7. The van der Waals surface area contributed by atoms with Crippen LogP contribution in [0.1, 0.15) is 15.9 Å². The molecule has 1 amide bonds. The number of carboxylic acids is 1. The first kappa shape index (κ1) is 19.2. The fourth-order valence-electron chi connectivity index (χ4n) is 2.94.